The first-order valence-corrected chi connectivity index (χ1v) is 19.8. The van der Waals surface area contributed by atoms with E-state index in [1.54, 1.807) is 0 Å². The normalized spacial score (nSPS) is 11.7. The molecule has 0 aliphatic heterocycles. The zero-order chi connectivity index (χ0) is 40.3. The third-order valence-electron chi connectivity index (χ3n) is 11.3. The van der Waals surface area contributed by atoms with Gasteiger partial charge in [-0.15, -0.1) is 0 Å². The van der Waals surface area contributed by atoms with Crippen LogP contribution in [-0.2, 0) is 0 Å². The van der Waals surface area contributed by atoms with Gasteiger partial charge in [0.2, 0.25) is 0 Å². The maximum atomic E-state index is 11.0. The Morgan fingerprint density at radius 1 is 0.617 bits per heavy atom. The van der Waals surface area contributed by atoms with Gasteiger partial charge in [-0.25, -0.2) is 15.0 Å². The second kappa shape index (κ2) is 13.9. The lowest BCUT2D eigenvalue weighted by Crippen LogP contribution is -2.03. The van der Waals surface area contributed by atoms with Gasteiger partial charge in [-0.3, -0.25) is 0 Å². The minimum atomic E-state index is 0.433. The second-order valence-corrected chi connectivity index (χ2v) is 14.8. The highest BCUT2D eigenvalue weighted by Crippen LogP contribution is 2.42. The Morgan fingerprint density at radius 2 is 1.27 bits per heavy atom. The number of nitrogens with zero attached hydrogens (tertiary/aromatic N) is 6. The van der Waals surface area contributed by atoms with Crippen molar-refractivity contribution in [1.29, 1.82) is 5.26 Å². The van der Waals surface area contributed by atoms with E-state index >= 15 is 0 Å². The van der Waals surface area contributed by atoms with Gasteiger partial charge in [0, 0.05) is 54.9 Å². The molecule has 0 unspecified atom stereocenters. The van der Waals surface area contributed by atoms with Crippen LogP contribution in [0, 0.1) is 18.3 Å². The first-order valence-electron chi connectivity index (χ1n) is 19.8. The summed E-state index contributed by atoms with van der Waals surface area (Å²) < 4.78 is 10.6. The number of allylic oxidation sites excluding steroid dienone is 2. The highest BCUT2D eigenvalue weighted by molar-refractivity contribution is 6.26. The molecular formula is C53H34N6O. The van der Waals surface area contributed by atoms with Crippen LogP contribution in [0.15, 0.2) is 181 Å². The molecule has 7 heteroatoms. The van der Waals surface area contributed by atoms with Crippen molar-refractivity contribution in [1.82, 2.24) is 24.1 Å². The van der Waals surface area contributed by atoms with Gasteiger partial charge >= 0.3 is 0 Å². The fourth-order valence-electron chi connectivity index (χ4n) is 8.59. The summed E-state index contributed by atoms with van der Waals surface area (Å²) >= 11 is 0. The van der Waals surface area contributed by atoms with Crippen LogP contribution in [0.2, 0.25) is 0 Å². The molecule has 0 atom stereocenters. The highest BCUT2D eigenvalue weighted by atomic mass is 16.3. The molecule has 0 N–H and O–H groups in total. The van der Waals surface area contributed by atoms with Gasteiger partial charge in [-0.2, -0.15) is 5.26 Å². The summed E-state index contributed by atoms with van der Waals surface area (Å²) in [5.74, 6) is 2.20. The SMILES string of the molecule is C=C(/C=C\c1c(C)oc2ccccc12)c1nc(-c2ccccc2)nc(-c2ccc(-n3c4ccccc4c4ccc5c(c6ccccc6n5-c5ccccc5)c43)c(C#N)c2)n1. The predicted molar refractivity (Wildman–Crippen MR) is 243 cm³/mol. The quantitative estimate of drug-likeness (QED) is 0.151. The molecule has 0 fully saturated rings. The van der Waals surface area contributed by atoms with Crippen molar-refractivity contribution in [3.05, 3.63) is 199 Å². The van der Waals surface area contributed by atoms with Crippen LogP contribution < -0.4 is 0 Å². The van der Waals surface area contributed by atoms with Crippen LogP contribution in [0.1, 0.15) is 22.7 Å². The lowest BCUT2D eigenvalue weighted by atomic mass is 10.1. The van der Waals surface area contributed by atoms with Gasteiger partial charge in [0.1, 0.15) is 17.4 Å². The number of aromatic nitrogens is 5. The van der Waals surface area contributed by atoms with E-state index in [-0.39, 0.29) is 0 Å². The molecule has 4 heterocycles. The summed E-state index contributed by atoms with van der Waals surface area (Å²) in [5, 5.41) is 16.5. The Labute approximate surface area is 345 Å². The van der Waals surface area contributed by atoms with Crippen LogP contribution >= 0.6 is 0 Å². The molecule has 0 aliphatic rings. The largest absolute Gasteiger partial charge is 0.461 e. The first-order chi connectivity index (χ1) is 29.6. The summed E-state index contributed by atoms with van der Waals surface area (Å²) in [7, 11) is 0. The van der Waals surface area contributed by atoms with Crippen molar-refractivity contribution in [2.75, 3.05) is 0 Å². The molecule has 11 aromatic rings. The fourth-order valence-corrected chi connectivity index (χ4v) is 8.59. The van der Waals surface area contributed by atoms with Crippen molar-refractivity contribution in [2.45, 2.75) is 6.92 Å². The second-order valence-electron chi connectivity index (χ2n) is 14.8. The molecule has 0 amide bonds. The Balaban J connectivity index is 1.09. The molecule has 0 saturated carbocycles. The van der Waals surface area contributed by atoms with Crippen molar-refractivity contribution in [2.24, 2.45) is 0 Å². The van der Waals surface area contributed by atoms with E-state index in [1.807, 2.05) is 97.9 Å². The molecular weight excluding hydrogens is 737 g/mol. The third-order valence-corrected chi connectivity index (χ3v) is 11.3. The van der Waals surface area contributed by atoms with Gasteiger partial charge in [-0.05, 0) is 61.5 Å². The summed E-state index contributed by atoms with van der Waals surface area (Å²) in [6.45, 7) is 6.34. The van der Waals surface area contributed by atoms with Gasteiger partial charge < -0.3 is 13.6 Å². The van der Waals surface area contributed by atoms with Crippen molar-refractivity contribution >= 4 is 66.2 Å². The van der Waals surface area contributed by atoms with Crippen molar-refractivity contribution < 1.29 is 4.42 Å². The predicted octanol–water partition coefficient (Wildman–Crippen LogP) is 13.1. The van der Waals surface area contributed by atoms with Crippen molar-refractivity contribution in [3.63, 3.8) is 0 Å². The van der Waals surface area contributed by atoms with E-state index in [0.717, 1.165) is 82.8 Å². The van der Waals surface area contributed by atoms with Crippen LogP contribution in [0.5, 0.6) is 0 Å². The van der Waals surface area contributed by atoms with Crippen LogP contribution in [0.3, 0.4) is 0 Å². The van der Waals surface area contributed by atoms with Gasteiger partial charge in [-0.1, -0.05) is 128 Å². The highest BCUT2D eigenvalue weighted by Gasteiger charge is 2.23. The maximum absolute atomic E-state index is 11.0. The lowest BCUT2D eigenvalue weighted by Gasteiger charge is -2.13. The van der Waals surface area contributed by atoms with E-state index in [1.165, 1.54) is 0 Å². The maximum Gasteiger partial charge on any atom is 0.164 e. The summed E-state index contributed by atoms with van der Waals surface area (Å²) in [6, 6.07) is 58.1. The molecule has 282 valence electrons. The number of hydrogen-bond acceptors (Lipinski definition) is 5. The average molecular weight is 771 g/mol. The molecule has 0 saturated heterocycles. The third kappa shape index (κ3) is 5.54. The number of furan rings is 1. The van der Waals surface area contributed by atoms with Gasteiger partial charge in [0.05, 0.1) is 33.3 Å². The minimum absolute atomic E-state index is 0.433. The number of benzene rings is 7. The monoisotopic (exact) mass is 770 g/mol. The van der Waals surface area contributed by atoms with Crippen molar-refractivity contribution in [3.8, 4) is 40.2 Å². The fraction of sp³-hybridized carbons (Fsp3) is 0.0189. The lowest BCUT2D eigenvalue weighted by molar-refractivity contribution is 0.577. The Bertz CT molecular complexity index is 3580. The molecule has 0 spiro atoms. The Hall–Kier alpha value is -8.34. The molecule has 0 bridgehead atoms. The first kappa shape index (κ1) is 34.9. The molecule has 7 nitrogen and oxygen atoms in total. The van der Waals surface area contributed by atoms with Gasteiger partial charge in [0.15, 0.2) is 17.5 Å². The molecule has 7 aromatic carbocycles. The number of fused-ring (bicyclic) bond motifs is 8. The summed E-state index contributed by atoms with van der Waals surface area (Å²) in [4.78, 5) is 14.8. The Morgan fingerprint density at radius 3 is 2.03 bits per heavy atom. The molecule has 11 rings (SSSR count). The molecule has 4 aromatic heterocycles. The zero-order valence-corrected chi connectivity index (χ0v) is 32.5. The summed E-state index contributed by atoms with van der Waals surface area (Å²) in [6.07, 6.45) is 3.91. The van der Waals surface area contributed by atoms with E-state index in [4.69, 9.17) is 19.4 Å². The van der Waals surface area contributed by atoms with E-state index < -0.39 is 0 Å². The standard InChI is InChI=1S/C53H34N6O/c1-33(25-27-39-34(2)60-48-24-14-11-20-41(39)48)51-55-52(35-15-5-3-6-16-35)57-53(56-51)36-26-29-44(37(31-36)32-54)59-45-22-12-9-19-40(45)42-28-30-47-49(50(42)59)43-21-10-13-23-46(43)58(47)38-17-7-4-8-18-38/h3-31H,1H2,2H3/b27-25-. The molecule has 0 radical (unpaired) electrons. The number of hydrogen-bond donors (Lipinski definition) is 0. The topological polar surface area (TPSA) is 85.5 Å². The average Bonchev–Trinajstić information content (AvgIpc) is 3.94. The van der Waals surface area contributed by atoms with Crippen LogP contribution in [0.4, 0.5) is 0 Å². The van der Waals surface area contributed by atoms with E-state index in [0.29, 0.717) is 34.2 Å². The molecule has 0 aliphatic carbocycles. The van der Waals surface area contributed by atoms with Crippen LogP contribution in [0.25, 0.3) is 100 Å². The van der Waals surface area contributed by atoms with Crippen LogP contribution in [-0.4, -0.2) is 24.1 Å². The number of nitriles is 1. The van der Waals surface area contributed by atoms with E-state index in [9.17, 15) is 5.26 Å². The number of rotatable bonds is 7. The van der Waals surface area contributed by atoms with Gasteiger partial charge in [0.25, 0.3) is 0 Å². The van der Waals surface area contributed by atoms with E-state index in [2.05, 4.69) is 107 Å². The minimum Gasteiger partial charge on any atom is -0.461 e. The zero-order valence-electron chi connectivity index (χ0n) is 32.5. The molecule has 60 heavy (non-hydrogen) atoms. The number of aryl methyl sites for hydroxylation is 1. The Kier molecular flexibility index (Phi) is 8.10. The number of para-hydroxylation sites is 4. The smallest absolute Gasteiger partial charge is 0.164 e. The summed E-state index contributed by atoms with van der Waals surface area (Å²) in [5.41, 5.74) is 10.6.